The molecule has 0 aliphatic carbocycles. The first-order chi connectivity index (χ1) is 18.4. The Bertz CT molecular complexity index is 1660. The average molecular weight is 562 g/mol. The van der Waals surface area contributed by atoms with Crippen molar-refractivity contribution in [1.82, 2.24) is 9.78 Å². The summed E-state index contributed by atoms with van der Waals surface area (Å²) in [5.74, 6) is -2.16. The van der Waals surface area contributed by atoms with E-state index in [4.69, 9.17) is 4.74 Å². The maximum Gasteiger partial charge on any atom is 0.573 e. The molecule has 15 heteroatoms. The number of alkyl halides is 3. The monoisotopic (exact) mass is 562 g/mol. The zero-order valence-electron chi connectivity index (χ0n) is 20.1. The molecular weight excluding hydrogens is 545 g/mol. The summed E-state index contributed by atoms with van der Waals surface area (Å²) in [6.45, 7) is 2.96. The molecule has 0 bridgehead atoms. The van der Waals surface area contributed by atoms with E-state index < -0.39 is 34.5 Å². The third kappa shape index (κ3) is 5.57. The fourth-order valence-electron chi connectivity index (χ4n) is 3.69. The smallest absolute Gasteiger partial charge is 0.461 e. The summed E-state index contributed by atoms with van der Waals surface area (Å²) in [5.41, 5.74) is -1.24. The van der Waals surface area contributed by atoms with E-state index in [0.717, 1.165) is 40.3 Å². The molecule has 0 radical (unpaired) electrons. The number of nitrogens with zero attached hydrogens (tertiary/aromatic N) is 3. The number of rotatable bonds is 7. The molecule has 202 valence electrons. The minimum absolute atomic E-state index is 0.0000203. The molecule has 2 aromatic carbocycles. The minimum Gasteiger partial charge on any atom is -0.461 e. The predicted octanol–water partition coefficient (Wildman–Crippen LogP) is 4.99. The highest BCUT2D eigenvalue weighted by molar-refractivity contribution is 7.16. The number of ether oxygens (including phenoxy) is 2. The van der Waals surface area contributed by atoms with E-state index in [1.807, 2.05) is 0 Å². The Morgan fingerprint density at radius 3 is 2.49 bits per heavy atom. The molecule has 0 saturated carbocycles. The molecule has 0 unspecified atom stereocenters. The van der Waals surface area contributed by atoms with Crippen LogP contribution in [0.5, 0.6) is 5.75 Å². The van der Waals surface area contributed by atoms with E-state index in [-0.39, 0.29) is 50.6 Å². The highest BCUT2D eigenvalue weighted by Gasteiger charge is 2.31. The Balaban J connectivity index is 1.83. The van der Waals surface area contributed by atoms with Gasteiger partial charge in [0.15, 0.2) is 5.69 Å². The molecule has 0 aliphatic heterocycles. The molecule has 1 amide bonds. The molecular formula is C24H17F3N4O7S. The maximum absolute atomic E-state index is 13.5. The van der Waals surface area contributed by atoms with Crippen molar-refractivity contribution in [1.29, 1.82) is 0 Å². The number of halogens is 3. The van der Waals surface area contributed by atoms with E-state index in [9.17, 15) is 37.7 Å². The van der Waals surface area contributed by atoms with Crippen LogP contribution in [0.3, 0.4) is 0 Å². The normalized spacial score (nSPS) is 11.3. The molecule has 2 aromatic heterocycles. The van der Waals surface area contributed by atoms with Crippen LogP contribution in [-0.2, 0) is 4.74 Å². The van der Waals surface area contributed by atoms with Crippen molar-refractivity contribution in [3.8, 4) is 11.4 Å². The number of carbonyl (C=O) groups excluding carboxylic acids is 2. The quantitative estimate of drug-likeness (QED) is 0.189. The molecule has 0 fully saturated rings. The lowest BCUT2D eigenvalue weighted by molar-refractivity contribution is -0.385. The number of anilines is 1. The van der Waals surface area contributed by atoms with E-state index in [2.05, 4.69) is 15.2 Å². The number of carbonyl (C=O) groups is 2. The van der Waals surface area contributed by atoms with Crippen LogP contribution in [0, 0.1) is 17.0 Å². The lowest BCUT2D eigenvalue weighted by Crippen LogP contribution is -2.25. The summed E-state index contributed by atoms with van der Waals surface area (Å²) in [7, 11) is 0. The Labute approximate surface area is 220 Å². The Hall–Kier alpha value is -4.79. The summed E-state index contributed by atoms with van der Waals surface area (Å²) >= 11 is 0.907. The van der Waals surface area contributed by atoms with Crippen LogP contribution in [0.2, 0.25) is 0 Å². The van der Waals surface area contributed by atoms with E-state index in [0.29, 0.717) is 0 Å². The number of hydrogen-bond donors (Lipinski definition) is 1. The lowest BCUT2D eigenvalue weighted by Gasteiger charge is -2.12. The molecule has 1 N–H and O–H groups in total. The van der Waals surface area contributed by atoms with Gasteiger partial charge < -0.3 is 14.8 Å². The SMILES string of the molecule is CCOC(=O)c1nn(-c2ccc(OC(F)(F)F)cc2)c(=O)c2c(NC(=O)c3cccc([N+](=O)[O-])c3C)scc12. The first kappa shape index (κ1) is 27.3. The van der Waals surface area contributed by atoms with Gasteiger partial charge in [-0.15, -0.1) is 24.5 Å². The zero-order chi connectivity index (χ0) is 28.5. The van der Waals surface area contributed by atoms with Crippen molar-refractivity contribution >= 4 is 44.7 Å². The fourth-order valence-corrected chi connectivity index (χ4v) is 4.63. The molecule has 4 aromatic rings. The minimum atomic E-state index is -4.92. The van der Waals surface area contributed by atoms with Crippen LogP contribution in [0.15, 0.2) is 52.6 Å². The van der Waals surface area contributed by atoms with Crippen molar-refractivity contribution in [2.75, 3.05) is 11.9 Å². The summed E-state index contributed by atoms with van der Waals surface area (Å²) in [6, 6.07) is 8.16. The number of nitro groups is 1. The number of amides is 1. The van der Waals surface area contributed by atoms with Gasteiger partial charge in [-0.05, 0) is 44.2 Å². The van der Waals surface area contributed by atoms with Crippen LogP contribution >= 0.6 is 11.3 Å². The average Bonchev–Trinajstić information content (AvgIpc) is 3.28. The number of nitro benzene ring substituents is 1. The third-order valence-corrected chi connectivity index (χ3v) is 6.31. The number of benzene rings is 2. The second-order valence-electron chi connectivity index (χ2n) is 7.84. The fraction of sp³-hybridized carbons (Fsp3) is 0.167. The van der Waals surface area contributed by atoms with Crippen LogP contribution in [0.4, 0.5) is 23.9 Å². The number of nitrogens with one attached hydrogen (secondary N) is 1. The number of fused-ring (bicyclic) bond motifs is 1. The Morgan fingerprint density at radius 1 is 1.18 bits per heavy atom. The maximum atomic E-state index is 13.5. The van der Waals surface area contributed by atoms with Crippen molar-refractivity contribution < 1.29 is 37.2 Å². The van der Waals surface area contributed by atoms with Crippen molar-refractivity contribution in [3.05, 3.63) is 85.1 Å². The zero-order valence-corrected chi connectivity index (χ0v) is 20.9. The number of hydrogen-bond acceptors (Lipinski definition) is 9. The Morgan fingerprint density at radius 2 is 1.87 bits per heavy atom. The van der Waals surface area contributed by atoms with Gasteiger partial charge in [-0.2, -0.15) is 9.78 Å². The van der Waals surface area contributed by atoms with Gasteiger partial charge in [-0.3, -0.25) is 19.7 Å². The summed E-state index contributed by atoms with van der Waals surface area (Å²) in [5, 5.41) is 19.3. The van der Waals surface area contributed by atoms with E-state index in [1.165, 1.54) is 30.5 Å². The van der Waals surface area contributed by atoms with E-state index >= 15 is 0 Å². The highest BCUT2D eigenvalue weighted by atomic mass is 32.1. The van der Waals surface area contributed by atoms with Crippen LogP contribution in [0.25, 0.3) is 16.5 Å². The van der Waals surface area contributed by atoms with Gasteiger partial charge in [0.2, 0.25) is 0 Å². The van der Waals surface area contributed by atoms with Gasteiger partial charge in [0, 0.05) is 28.0 Å². The standard InChI is InChI=1S/C24H17F3N4O7S/c1-3-37-23(34)19-16-11-39-21(28-20(32)15-5-4-6-17(12(15)2)31(35)36)18(16)22(33)30(29-19)13-7-9-14(10-8-13)38-24(25,26)27/h4-11H,3H2,1-2H3,(H,28,32). The summed E-state index contributed by atoms with van der Waals surface area (Å²) in [4.78, 5) is 49.8. The second kappa shape index (κ2) is 10.5. The molecule has 11 nitrogen and oxygen atoms in total. The molecule has 2 heterocycles. The first-order valence-electron chi connectivity index (χ1n) is 11.0. The van der Waals surface area contributed by atoms with Gasteiger partial charge in [0.25, 0.3) is 17.2 Å². The predicted molar refractivity (Wildman–Crippen MR) is 134 cm³/mol. The number of aromatic nitrogens is 2. The van der Waals surface area contributed by atoms with Crippen LogP contribution < -0.4 is 15.6 Å². The highest BCUT2D eigenvalue weighted by Crippen LogP contribution is 2.32. The van der Waals surface area contributed by atoms with Gasteiger partial charge >= 0.3 is 12.3 Å². The largest absolute Gasteiger partial charge is 0.573 e. The molecule has 39 heavy (non-hydrogen) atoms. The summed E-state index contributed by atoms with van der Waals surface area (Å²) in [6.07, 6.45) is -4.92. The van der Waals surface area contributed by atoms with Crippen LogP contribution in [-0.4, -0.2) is 39.5 Å². The first-order valence-corrected chi connectivity index (χ1v) is 11.9. The van der Waals surface area contributed by atoms with Gasteiger partial charge in [0.1, 0.15) is 10.8 Å². The van der Waals surface area contributed by atoms with Crippen molar-refractivity contribution in [3.63, 3.8) is 0 Å². The van der Waals surface area contributed by atoms with E-state index in [1.54, 1.807) is 6.92 Å². The van der Waals surface area contributed by atoms with Gasteiger partial charge in [0.05, 0.1) is 22.6 Å². The Kier molecular flexibility index (Phi) is 7.36. The molecule has 0 spiro atoms. The van der Waals surface area contributed by atoms with Crippen molar-refractivity contribution in [2.45, 2.75) is 20.2 Å². The number of thiophene rings is 1. The third-order valence-electron chi connectivity index (χ3n) is 5.41. The summed E-state index contributed by atoms with van der Waals surface area (Å²) < 4.78 is 47.3. The van der Waals surface area contributed by atoms with Gasteiger partial charge in [-0.1, -0.05) is 6.07 Å². The topological polar surface area (TPSA) is 143 Å². The van der Waals surface area contributed by atoms with Gasteiger partial charge in [-0.25, -0.2) is 4.79 Å². The molecule has 4 rings (SSSR count). The van der Waals surface area contributed by atoms with Crippen LogP contribution in [0.1, 0.15) is 33.3 Å². The molecule has 0 aliphatic rings. The van der Waals surface area contributed by atoms with Crippen molar-refractivity contribution in [2.24, 2.45) is 0 Å². The number of esters is 1. The molecule has 0 saturated heterocycles. The lowest BCUT2D eigenvalue weighted by atomic mass is 10.1. The second-order valence-corrected chi connectivity index (χ2v) is 8.72. The molecule has 0 atom stereocenters.